The van der Waals surface area contributed by atoms with Crippen LogP contribution in [0.3, 0.4) is 0 Å². The van der Waals surface area contributed by atoms with E-state index in [9.17, 15) is 15.0 Å². The summed E-state index contributed by atoms with van der Waals surface area (Å²) in [4.78, 5) is 11.4. The van der Waals surface area contributed by atoms with Crippen LogP contribution in [-0.2, 0) is 11.2 Å². The molecule has 0 aliphatic rings. The summed E-state index contributed by atoms with van der Waals surface area (Å²) < 4.78 is 11.6. The van der Waals surface area contributed by atoms with Gasteiger partial charge in [0.25, 0.3) is 0 Å². The molecule has 0 spiro atoms. The fourth-order valence-corrected chi connectivity index (χ4v) is 4.86. The molecule has 6 heteroatoms. The lowest BCUT2D eigenvalue weighted by molar-refractivity contribution is -0.00397. The number of nitrogens with one attached hydrogen (secondary N) is 1. The van der Waals surface area contributed by atoms with Crippen LogP contribution >= 0.6 is 0 Å². The molecular weight excluding hydrogens is 490 g/mol. The monoisotopic (exact) mass is 527 g/mol. The first-order chi connectivity index (χ1) is 18.7. The van der Waals surface area contributed by atoms with Gasteiger partial charge in [-0.25, -0.2) is 4.79 Å². The zero-order valence-corrected chi connectivity index (χ0v) is 23.0. The minimum absolute atomic E-state index is 0.163. The number of benzene rings is 4. The smallest absolute Gasteiger partial charge is 0.335 e. The predicted molar refractivity (Wildman–Crippen MR) is 155 cm³/mol. The second-order valence-corrected chi connectivity index (χ2v) is 10.6. The largest absolute Gasteiger partial charge is 0.496 e. The molecule has 204 valence electrons. The molecule has 0 aliphatic heterocycles. The van der Waals surface area contributed by atoms with Crippen LogP contribution in [-0.4, -0.2) is 48.1 Å². The molecule has 0 fully saturated rings. The molecular formula is C33H37NO5. The number of rotatable bonds is 12. The quantitative estimate of drug-likeness (QED) is 0.201. The van der Waals surface area contributed by atoms with Gasteiger partial charge in [-0.15, -0.1) is 0 Å². The summed E-state index contributed by atoms with van der Waals surface area (Å²) in [6, 6.07) is 27.5. The van der Waals surface area contributed by atoms with Crippen LogP contribution in [0.5, 0.6) is 5.75 Å². The van der Waals surface area contributed by atoms with Gasteiger partial charge in [0.05, 0.1) is 31.5 Å². The van der Waals surface area contributed by atoms with E-state index in [4.69, 9.17) is 9.47 Å². The maximum Gasteiger partial charge on any atom is 0.335 e. The summed E-state index contributed by atoms with van der Waals surface area (Å²) in [6.07, 6.45) is -0.150. The molecule has 0 saturated heterocycles. The SMILES string of the molecule is COc1cc(C(=O)O)ccc1-c1ccccc1C(C)OC[C@H](O)CNC(C)(C)Cc1ccc2ccccc2c1. The Kier molecular flexibility index (Phi) is 9.02. The highest BCUT2D eigenvalue weighted by molar-refractivity contribution is 5.90. The number of carboxylic acid groups (broad SMARTS) is 1. The number of hydrogen-bond acceptors (Lipinski definition) is 5. The number of aliphatic hydroxyl groups is 1. The van der Waals surface area contributed by atoms with Gasteiger partial charge in [-0.3, -0.25) is 0 Å². The molecule has 2 atom stereocenters. The second-order valence-electron chi connectivity index (χ2n) is 10.6. The molecule has 0 bridgehead atoms. The fourth-order valence-electron chi connectivity index (χ4n) is 4.86. The molecule has 4 aromatic rings. The number of hydrogen-bond donors (Lipinski definition) is 3. The highest BCUT2D eigenvalue weighted by Gasteiger charge is 2.21. The average molecular weight is 528 g/mol. The van der Waals surface area contributed by atoms with E-state index < -0.39 is 12.1 Å². The standard InChI is InChI=1S/C33H37NO5/c1-22(28-11-7-8-12-29(28)30-16-15-26(32(36)37)18-31(30)38-4)39-21-27(35)20-34-33(2,3)19-23-13-14-24-9-5-6-10-25(24)17-23/h5-18,22,27,34-35H,19-21H2,1-4H3,(H,36,37)/t22?,27-/m1/s1. The van der Waals surface area contributed by atoms with Crippen molar-refractivity contribution in [3.05, 3.63) is 102 Å². The highest BCUT2D eigenvalue weighted by Crippen LogP contribution is 2.36. The molecule has 0 amide bonds. The van der Waals surface area contributed by atoms with Gasteiger partial charge < -0.3 is 25.0 Å². The molecule has 39 heavy (non-hydrogen) atoms. The van der Waals surface area contributed by atoms with Gasteiger partial charge in [0, 0.05) is 17.6 Å². The van der Waals surface area contributed by atoms with E-state index >= 15 is 0 Å². The van der Waals surface area contributed by atoms with Gasteiger partial charge in [0.15, 0.2) is 0 Å². The molecule has 0 aliphatic carbocycles. The van der Waals surface area contributed by atoms with Crippen molar-refractivity contribution < 1.29 is 24.5 Å². The van der Waals surface area contributed by atoms with Crippen molar-refractivity contribution in [2.75, 3.05) is 20.3 Å². The normalized spacial score (nSPS) is 13.3. The number of fused-ring (bicyclic) bond motifs is 1. The van der Waals surface area contributed by atoms with E-state index in [0.717, 1.165) is 23.1 Å². The molecule has 0 radical (unpaired) electrons. The minimum Gasteiger partial charge on any atom is -0.496 e. The lowest BCUT2D eigenvalue weighted by atomic mass is 9.93. The van der Waals surface area contributed by atoms with Crippen molar-refractivity contribution in [1.82, 2.24) is 5.32 Å². The third-order valence-corrected chi connectivity index (χ3v) is 6.95. The Bertz CT molecular complexity index is 1430. The average Bonchev–Trinajstić information content (AvgIpc) is 2.94. The predicted octanol–water partition coefficient (Wildman–Crippen LogP) is 6.26. The summed E-state index contributed by atoms with van der Waals surface area (Å²) in [5, 5.41) is 26.0. The third kappa shape index (κ3) is 7.24. The van der Waals surface area contributed by atoms with E-state index in [1.54, 1.807) is 12.1 Å². The van der Waals surface area contributed by atoms with E-state index in [0.29, 0.717) is 12.3 Å². The first kappa shape index (κ1) is 28.3. The minimum atomic E-state index is -1.01. The molecule has 0 heterocycles. The molecule has 4 aromatic carbocycles. The van der Waals surface area contributed by atoms with Crippen LogP contribution in [0, 0.1) is 0 Å². The molecule has 3 N–H and O–H groups in total. The summed E-state index contributed by atoms with van der Waals surface area (Å²) in [7, 11) is 1.53. The Morgan fingerprint density at radius 1 is 0.923 bits per heavy atom. The molecule has 0 saturated carbocycles. The highest BCUT2D eigenvalue weighted by atomic mass is 16.5. The fraction of sp³-hybridized carbons (Fsp3) is 0.303. The van der Waals surface area contributed by atoms with Crippen LogP contribution < -0.4 is 10.1 Å². The van der Waals surface area contributed by atoms with Crippen LogP contribution in [0.25, 0.3) is 21.9 Å². The third-order valence-electron chi connectivity index (χ3n) is 6.95. The summed E-state index contributed by atoms with van der Waals surface area (Å²) in [5.41, 5.74) is 3.80. The number of β-amino-alcohol motifs (C(OH)–C–C–N with tert-alkyl or cyclic N) is 1. The Balaban J connectivity index is 1.36. The molecule has 1 unspecified atom stereocenters. The Labute approximate surface area is 230 Å². The number of ether oxygens (including phenoxy) is 2. The number of carboxylic acids is 1. The lowest BCUT2D eigenvalue weighted by Gasteiger charge is -2.28. The second kappa shape index (κ2) is 12.4. The van der Waals surface area contributed by atoms with Crippen LogP contribution in [0.2, 0.25) is 0 Å². The molecule has 0 aromatic heterocycles. The maximum absolute atomic E-state index is 11.4. The van der Waals surface area contributed by atoms with Crippen LogP contribution in [0.4, 0.5) is 0 Å². The number of carbonyl (C=O) groups is 1. The zero-order valence-electron chi connectivity index (χ0n) is 23.0. The number of methoxy groups -OCH3 is 1. The van der Waals surface area contributed by atoms with E-state index in [1.807, 2.05) is 37.3 Å². The molecule has 4 rings (SSSR count). The van der Waals surface area contributed by atoms with Gasteiger partial charge >= 0.3 is 5.97 Å². The zero-order chi connectivity index (χ0) is 28.0. The number of aromatic carboxylic acids is 1. The van der Waals surface area contributed by atoms with Crippen LogP contribution in [0.1, 0.15) is 48.4 Å². The van der Waals surface area contributed by atoms with Gasteiger partial charge in [0.1, 0.15) is 5.75 Å². The van der Waals surface area contributed by atoms with Crippen molar-refractivity contribution in [3.8, 4) is 16.9 Å². The van der Waals surface area contributed by atoms with Crippen molar-refractivity contribution in [1.29, 1.82) is 0 Å². The Hall–Kier alpha value is -3.71. The van der Waals surface area contributed by atoms with Crippen LogP contribution in [0.15, 0.2) is 84.9 Å². The maximum atomic E-state index is 11.4. The van der Waals surface area contributed by atoms with E-state index in [1.165, 1.54) is 29.5 Å². The first-order valence-corrected chi connectivity index (χ1v) is 13.2. The van der Waals surface area contributed by atoms with E-state index in [-0.39, 0.29) is 23.8 Å². The van der Waals surface area contributed by atoms with Gasteiger partial charge in [-0.05, 0) is 72.9 Å². The van der Waals surface area contributed by atoms with Gasteiger partial charge in [-0.2, -0.15) is 0 Å². The van der Waals surface area contributed by atoms with Crippen molar-refractivity contribution in [2.45, 2.75) is 44.9 Å². The van der Waals surface area contributed by atoms with Gasteiger partial charge in [-0.1, -0.05) is 66.7 Å². The van der Waals surface area contributed by atoms with Crippen molar-refractivity contribution >= 4 is 16.7 Å². The summed E-state index contributed by atoms with van der Waals surface area (Å²) >= 11 is 0. The Morgan fingerprint density at radius 3 is 2.38 bits per heavy atom. The topological polar surface area (TPSA) is 88.0 Å². The van der Waals surface area contributed by atoms with Crippen molar-refractivity contribution in [2.24, 2.45) is 0 Å². The van der Waals surface area contributed by atoms with E-state index in [2.05, 4.69) is 55.6 Å². The number of aliphatic hydroxyl groups excluding tert-OH is 1. The Morgan fingerprint density at radius 2 is 1.64 bits per heavy atom. The summed E-state index contributed by atoms with van der Waals surface area (Å²) in [6.45, 7) is 6.79. The van der Waals surface area contributed by atoms with Gasteiger partial charge in [0.2, 0.25) is 0 Å². The van der Waals surface area contributed by atoms with Crippen molar-refractivity contribution in [3.63, 3.8) is 0 Å². The first-order valence-electron chi connectivity index (χ1n) is 13.2. The molecule has 6 nitrogen and oxygen atoms in total. The lowest BCUT2D eigenvalue weighted by Crippen LogP contribution is -2.46. The summed E-state index contributed by atoms with van der Waals surface area (Å²) in [5.74, 6) is -0.527.